The number of hydrogen-bond donors (Lipinski definition) is 2. The molecule has 6 rings (SSSR count). The summed E-state index contributed by atoms with van der Waals surface area (Å²) in [6.45, 7) is 0.0573. The number of nitrogens with one attached hydrogen (secondary N) is 2. The van der Waals surface area contributed by atoms with Gasteiger partial charge in [0.2, 0.25) is 6.79 Å². The Balaban J connectivity index is 1.42. The van der Waals surface area contributed by atoms with Gasteiger partial charge in [-0.3, -0.25) is 0 Å². The molecule has 0 saturated heterocycles. The van der Waals surface area contributed by atoms with Gasteiger partial charge in [0, 0.05) is 17.9 Å². The number of fused-ring (bicyclic) bond motifs is 1. The Morgan fingerprint density at radius 3 is 2.34 bits per heavy atom. The molecule has 0 amide bonds. The Morgan fingerprint density at radius 2 is 1.55 bits per heavy atom. The zero-order valence-electron chi connectivity index (χ0n) is 20.6. The van der Waals surface area contributed by atoms with E-state index in [1.807, 2.05) is 30.3 Å². The van der Waals surface area contributed by atoms with E-state index in [0.29, 0.717) is 22.7 Å². The largest absolute Gasteiger partial charge is 0.454 e. The normalized spacial score (nSPS) is 14.4. The summed E-state index contributed by atoms with van der Waals surface area (Å²) in [5.74, 6) is 2.12. The number of ether oxygens (including phenoxy) is 2. The summed E-state index contributed by atoms with van der Waals surface area (Å²) >= 11 is 0. The van der Waals surface area contributed by atoms with Crippen molar-refractivity contribution >= 4 is 11.4 Å². The molecule has 0 atom stereocenters. The first-order valence-corrected chi connectivity index (χ1v) is 12.6. The lowest BCUT2D eigenvalue weighted by atomic mass is 9.87. The zero-order valence-corrected chi connectivity index (χ0v) is 20.6. The average Bonchev–Trinajstić information content (AvgIpc) is 3.64. The average molecular weight is 516 g/mol. The van der Waals surface area contributed by atoms with E-state index < -0.39 is 12.7 Å². The standard InChI is InChI=1S/C31H26F3N2O2/c32-31(33,34)18-36-25-4-1-3-22(15-25)27-6-2-5-26(21-9-12-24(13-10-21)35-17-20-7-8-20)30(27)23-11-14-28-29(16-23)38-19-37-28/h1-2,4-6,9-16,20,35-36H,7-8,17-19H2. The van der Waals surface area contributed by atoms with Gasteiger partial charge in [-0.2, -0.15) is 13.2 Å². The molecule has 1 heterocycles. The first kappa shape index (κ1) is 24.2. The highest BCUT2D eigenvalue weighted by molar-refractivity contribution is 5.95. The molecule has 0 spiro atoms. The third-order valence-electron chi connectivity index (χ3n) is 6.80. The van der Waals surface area contributed by atoms with Crippen molar-refractivity contribution in [2.24, 2.45) is 5.92 Å². The van der Waals surface area contributed by atoms with Gasteiger partial charge in [0.25, 0.3) is 0 Å². The van der Waals surface area contributed by atoms with Gasteiger partial charge in [0.05, 0.1) is 0 Å². The fraction of sp³-hybridized carbons (Fsp3) is 0.226. The Bertz CT molecular complexity index is 1450. The van der Waals surface area contributed by atoms with Crippen LogP contribution in [-0.2, 0) is 0 Å². The number of halogens is 3. The van der Waals surface area contributed by atoms with Crippen molar-refractivity contribution < 1.29 is 22.6 Å². The maximum Gasteiger partial charge on any atom is 0.405 e. The highest BCUT2D eigenvalue weighted by Crippen LogP contribution is 2.44. The van der Waals surface area contributed by atoms with Gasteiger partial charge in [-0.15, -0.1) is 0 Å². The van der Waals surface area contributed by atoms with Gasteiger partial charge >= 0.3 is 6.18 Å². The minimum Gasteiger partial charge on any atom is -0.454 e. The van der Waals surface area contributed by atoms with E-state index in [1.54, 1.807) is 18.2 Å². The van der Waals surface area contributed by atoms with Crippen molar-refractivity contribution in [1.82, 2.24) is 0 Å². The van der Waals surface area contributed by atoms with E-state index in [2.05, 4.69) is 47.0 Å². The molecule has 4 aromatic rings. The summed E-state index contributed by atoms with van der Waals surface area (Å²) < 4.78 is 49.6. The monoisotopic (exact) mass is 515 g/mol. The Morgan fingerprint density at radius 1 is 0.789 bits per heavy atom. The molecule has 4 nitrogen and oxygen atoms in total. The molecule has 7 heteroatoms. The zero-order chi connectivity index (χ0) is 26.1. The summed E-state index contributed by atoms with van der Waals surface area (Å²) in [6, 6.07) is 28.3. The van der Waals surface area contributed by atoms with Crippen molar-refractivity contribution in [1.29, 1.82) is 0 Å². The molecule has 2 aliphatic rings. The molecule has 193 valence electrons. The van der Waals surface area contributed by atoms with E-state index >= 15 is 0 Å². The van der Waals surface area contributed by atoms with Crippen LogP contribution in [0, 0.1) is 12.0 Å². The fourth-order valence-corrected chi connectivity index (χ4v) is 4.67. The minimum atomic E-state index is -4.31. The second-order valence-electron chi connectivity index (χ2n) is 9.66. The predicted molar refractivity (Wildman–Crippen MR) is 143 cm³/mol. The van der Waals surface area contributed by atoms with E-state index in [0.717, 1.165) is 46.0 Å². The maximum absolute atomic E-state index is 12.8. The van der Waals surface area contributed by atoms with Gasteiger partial charge in [0.15, 0.2) is 11.5 Å². The van der Waals surface area contributed by atoms with E-state index in [4.69, 9.17) is 9.47 Å². The Hall–Kier alpha value is -4.13. The van der Waals surface area contributed by atoms with Gasteiger partial charge in [-0.25, -0.2) is 0 Å². The van der Waals surface area contributed by atoms with Crippen molar-refractivity contribution in [3.8, 4) is 44.9 Å². The number of rotatable bonds is 8. The molecule has 2 N–H and O–H groups in total. The number of alkyl halides is 3. The third kappa shape index (κ3) is 5.42. The molecule has 4 aromatic carbocycles. The molecule has 1 aliphatic carbocycles. The predicted octanol–water partition coefficient (Wildman–Crippen LogP) is 8.01. The molecule has 1 saturated carbocycles. The lowest BCUT2D eigenvalue weighted by Crippen LogP contribution is -2.21. The van der Waals surface area contributed by atoms with E-state index in [9.17, 15) is 13.2 Å². The van der Waals surface area contributed by atoms with E-state index in [1.165, 1.54) is 12.8 Å². The SMILES string of the molecule is FC(F)(F)CNc1cc[c]c(-c2cccc(-c3ccc(NCC4CC4)cc3)c2-c2ccc3c(c2)OCO3)c1. The van der Waals surface area contributed by atoms with Gasteiger partial charge in [-0.05, 0) is 94.6 Å². The second kappa shape index (κ2) is 9.97. The molecular weight excluding hydrogens is 489 g/mol. The van der Waals surface area contributed by atoms with Crippen LogP contribution in [0.25, 0.3) is 33.4 Å². The van der Waals surface area contributed by atoms with Crippen molar-refractivity contribution in [2.45, 2.75) is 19.0 Å². The lowest BCUT2D eigenvalue weighted by Gasteiger charge is -2.18. The highest BCUT2D eigenvalue weighted by atomic mass is 19.4. The van der Waals surface area contributed by atoms with Gasteiger partial charge < -0.3 is 20.1 Å². The molecule has 38 heavy (non-hydrogen) atoms. The minimum absolute atomic E-state index is 0.170. The van der Waals surface area contributed by atoms with Crippen LogP contribution in [0.5, 0.6) is 11.5 Å². The van der Waals surface area contributed by atoms with Crippen LogP contribution in [0.15, 0.2) is 78.9 Å². The summed E-state index contributed by atoms with van der Waals surface area (Å²) in [5.41, 5.74) is 6.89. The molecule has 0 aromatic heterocycles. The topological polar surface area (TPSA) is 42.5 Å². The van der Waals surface area contributed by atoms with Crippen LogP contribution in [0.1, 0.15) is 12.8 Å². The van der Waals surface area contributed by atoms with Crippen LogP contribution in [0.3, 0.4) is 0 Å². The second-order valence-corrected chi connectivity index (χ2v) is 9.66. The van der Waals surface area contributed by atoms with Crippen LogP contribution >= 0.6 is 0 Å². The smallest absolute Gasteiger partial charge is 0.405 e. The maximum atomic E-state index is 12.8. The summed E-state index contributed by atoms with van der Waals surface area (Å²) in [4.78, 5) is 0. The van der Waals surface area contributed by atoms with Crippen molar-refractivity contribution in [3.05, 3.63) is 84.9 Å². The number of hydrogen-bond acceptors (Lipinski definition) is 4. The van der Waals surface area contributed by atoms with Crippen LogP contribution in [0.4, 0.5) is 24.5 Å². The van der Waals surface area contributed by atoms with Crippen LogP contribution in [-0.4, -0.2) is 26.1 Å². The van der Waals surface area contributed by atoms with E-state index in [-0.39, 0.29) is 6.79 Å². The fourth-order valence-electron chi connectivity index (χ4n) is 4.67. The molecule has 0 unspecified atom stereocenters. The molecule has 1 radical (unpaired) electrons. The van der Waals surface area contributed by atoms with Gasteiger partial charge in [-0.1, -0.05) is 42.5 Å². The molecule has 0 bridgehead atoms. The van der Waals surface area contributed by atoms with Crippen LogP contribution < -0.4 is 20.1 Å². The van der Waals surface area contributed by atoms with Crippen molar-refractivity contribution in [3.63, 3.8) is 0 Å². The molecule has 1 aliphatic heterocycles. The number of anilines is 2. The molecule has 1 fully saturated rings. The van der Waals surface area contributed by atoms with Gasteiger partial charge in [0.1, 0.15) is 6.54 Å². The Labute approximate surface area is 219 Å². The first-order chi connectivity index (χ1) is 18.4. The van der Waals surface area contributed by atoms with Crippen LogP contribution in [0.2, 0.25) is 0 Å². The number of benzene rings is 4. The summed E-state index contributed by atoms with van der Waals surface area (Å²) in [6.07, 6.45) is -1.72. The highest BCUT2D eigenvalue weighted by Gasteiger charge is 2.27. The quantitative estimate of drug-likeness (QED) is 0.249. The lowest BCUT2D eigenvalue weighted by molar-refractivity contribution is -0.115. The summed E-state index contributed by atoms with van der Waals surface area (Å²) in [7, 11) is 0. The summed E-state index contributed by atoms with van der Waals surface area (Å²) in [5, 5.41) is 5.98. The molecular formula is C31H26F3N2O2. The van der Waals surface area contributed by atoms with Crippen molar-refractivity contribution in [2.75, 3.05) is 30.5 Å². The third-order valence-corrected chi connectivity index (χ3v) is 6.80. The Kier molecular flexibility index (Phi) is 6.35. The first-order valence-electron chi connectivity index (χ1n) is 12.6.